The number of carbonyl (C=O) groups is 1. The Bertz CT molecular complexity index is 1020. The van der Waals surface area contributed by atoms with Gasteiger partial charge in [0.15, 0.2) is 11.5 Å². The maximum atomic E-state index is 15.9. The van der Waals surface area contributed by atoms with Crippen molar-refractivity contribution in [3.63, 3.8) is 0 Å². The Balaban J connectivity index is 1.98. The van der Waals surface area contributed by atoms with Crippen LogP contribution in [0.1, 0.15) is 31.9 Å². The Morgan fingerprint density at radius 2 is 2.00 bits per heavy atom. The van der Waals surface area contributed by atoms with Crippen LogP contribution in [0.4, 0.5) is 28.2 Å². The highest BCUT2D eigenvalue weighted by molar-refractivity contribution is 7.92. The van der Waals surface area contributed by atoms with E-state index in [0.717, 1.165) is 11.9 Å². The number of halogens is 4. The molecule has 1 fully saturated rings. The van der Waals surface area contributed by atoms with Crippen molar-refractivity contribution < 1.29 is 35.3 Å². The van der Waals surface area contributed by atoms with E-state index in [4.69, 9.17) is 0 Å². The number of amides is 2. The second kappa shape index (κ2) is 7.56. The average Bonchev–Trinajstić information content (AvgIpc) is 3.30. The summed E-state index contributed by atoms with van der Waals surface area (Å²) >= 11 is 0. The van der Waals surface area contributed by atoms with Crippen molar-refractivity contribution in [3.8, 4) is 0 Å². The van der Waals surface area contributed by atoms with Crippen LogP contribution in [0.25, 0.3) is 0 Å². The SMILES string of the molecule is Cn1cc(S(=O)(=O)C(C)(F)C2CCCCN2C(=O)Nc2ccon2)c(C(F)(F)F)n1. The van der Waals surface area contributed by atoms with Crippen LogP contribution in [-0.2, 0) is 23.1 Å². The number of hydrogen-bond acceptors (Lipinski definition) is 6. The van der Waals surface area contributed by atoms with E-state index in [9.17, 15) is 26.4 Å². The van der Waals surface area contributed by atoms with Crippen LogP contribution in [0.5, 0.6) is 0 Å². The molecule has 2 amide bonds. The highest BCUT2D eigenvalue weighted by Crippen LogP contribution is 2.41. The lowest BCUT2D eigenvalue weighted by Crippen LogP contribution is -2.57. The number of hydrogen-bond donors (Lipinski definition) is 1. The van der Waals surface area contributed by atoms with Gasteiger partial charge in [0.1, 0.15) is 11.2 Å². The molecule has 2 atom stereocenters. The van der Waals surface area contributed by atoms with Gasteiger partial charge in [-0.1, -0.05) is 5.16 Å². The first kappa shape index (κ1) is 22.1. The predicted octanol–water partition coefficient (Wildman–Crippen LogP) is 2.97. The number of rotatable bonds is 4. The summed E-state index contributed by atoms with van der Waals surface area (Å²) in [6, 6.07) is -1.03. The van der Waals surface area contributed by atoms with Gasteiger partial charge in [0.05, 0.1) is 6.04 Å². The van der Waals surface area contributed by atoms with Gasteiger partial charge >= 0.3 is 12.2 Å². The van der Waals surface area contributed by atoms with Gasteiger partial charge in [-0.15, -0.1) is 0 Å². The van der Waals surface area contributed by atoms with Crippen LogP contribution in [0.15, 0.2) is 27.9 Å². The Morgan fingerprint density at radius 1 is 1.30 bits per heavy atom. The van der Waals surface area contributed by atoms with Gasteiger partial charge in [-0.3, -0.25) is 10.00 Å². The molecule has 1 N–H and O–H groups in total. The van der Waals surface area contributed by atoms with Gasteiger partial charge < -0.3 is 9.42 Å². The molecule has 14 heteroatoms. The lowest BCUT2D eigenvalue weighted by Gasteiger charge is -2.41. The first-order chi connectivity index (χ1) is 13.9. The molecule has 0 saturated carbocycles. The third-order valence-corrected chi connectivity index (χ3v) is 7.11. The van der Waals surface area contributed by atoms with Gasteiger partial charge in [-0.25, -0.2) is 17.6 Å². The molecule has 2 aromatic rings. The topological polar surface area (TPSA) is 110 Å². The Kier molecular flexibility index (Phi) is 5.56. The summed E-state index contributed by atoms with van der Waals surface area (Å²) in [5.41, 5.74) is -1.71. The van der Waals surface area contributed by atoms with E-state index < -0.39 is 43.7 Å². The maximum absolute atomic E-state index is 15.9. The molecule has 9 nitrogen and oxygen atoms in total. The second-order valence-corrected chi connectivity index (χ2v) is 9.27. The first-order valence-corrected chi connectivity index (χ1v) is 10.4. The van der Waals surface area contributed by atoms with E-state index in [0.29, 0.717) is 30.6 Å². The molecule has 0 aliphatic carbocycles. The van der Waals surface area contributed by atoms with E-state index in [-0.39, 0.29) is 18.8 Å². The van der Waals surface area contributed by atoms with Crippen molar-refractivity contribution in [2.75, 3.05) is 11.9 Å². The van der Waals surface area contributed by atoms with Crippen molar-refractivity contribution in [1.29, 1.82) is 0 Å². The minimum absolute atomic E-state index is 0.0164. The summed E-state index contributed by atoms with van der Waals surface area (Å²) in [6.45, 7) is 0.685. The molecule has 1 aliphatic heterocycles. The first-order valence-electron chi connectivity index (χ1n) is 8.88. The molecule has 0 aromatic carbocycles. The van der Waals surface area contributed by atoms with Gasteiger partial charge in [-0.05, 0) is 26.2 Å². The normalized spacial score (nSPS) is 20.1. The molecule has 0 radical (unpaired) electrons. The summed E-state index contributed by atoms with van der Waals surface area (Å²) in [5, 5.41) is 5.78. The molecule has 1 aliphatic rings. The summed E-state index contributed by atoms with van der Waals surface area (Å²) in [4.78, 5) is 12.3. The molecule has 1 saturated heterocycles. The zero-order valence-corrected chi connectivity index (χ0v) is 16.8. The minimum atomic E-state index is -5.19. The fourth-order valence-corrected chi connectivity index (χ4v) is 5.16. The van der Waals surface area contributed by atoms with E-state index in [2.05, 4.69) is 20.1 Å². The van der Waals surface area contributed by atoms with Crippen LogP contribution >= 0.6 is 0 Å². The average molecular weight is 453 g/mol. The Morgan fingerprint density at radius 3 is 2.60 bits per heavy atom. The van der Waals surface area contributed by atoms with Crippen molar-refractivity contribution >= 4 is 21.7 Å². The largest absolute Gasteiger partial charge is 0.436 e. The lowest BCUT2D eigenvalue weighted by atomic mass is 9.99. The van der Waals surface area contributed by atoms with E-state index in [1.165, 1.54) is 12.3 Å². The molecule has 3 rings (SSSR count). The molecular weight excluding hydrogens is 434 g/mol. The fourth-order valence-electron chi connectivity index (χ4n) is 3.42. The molecule has 3 heterocycles. The molecule has 30 heavy (non-hydrogen) atoms. The number of nitrogens with one attached hydrogen (secondary N) is 1. The maximum Gasteiger partial charge on any atom is 0.436 e. The van der Waals surface area contributed by atoms with E-state index in [1.807, 2.05) is 0 Å². The van der Waals surface area contributed by atoms with Crippen molar-refractivity contribution in [2.45, 2.75) is 48.3 Å². The second-order valence-electron chi connectivity index (χ2n) is 7.02. The van der Waals surface area contributed by atoms with Crippen molar-refractivity contribution in [3.05, 3.63) is 24.2 Å². The van der Waals surface area contributed by atoms with Gasteiger partial charge in [-0.2, -0.15) is 18.3 Å². The molecule has 0 bridgehead atoms. The number of carbonyl (C=O) groups excluding carboxylic acids is 1. The quantitative estimate of drug-likeness (QED) is 0.713. The number of piperidine rings is 1. The highest BCUT2D eigenvalue weighted by atomic mass is 32.2. The van der Waals surface area contributed by atoms with Gasteiger partial charge in [0, 0.05) is 25.9 Å². The summed E-state index contributed by atoms with van der Waals surface area (Å²) in [6.07, 6.45) is -2.49. The molecule has 0 spiro atoms. The van der Waals surface area contributed by atoms with Crippen LogP contribution in [0.3, 0.4) is 0 Å². The third-order valence-electron chi connectivity index (χ3n) is 4.91. The number of sulfone groups is 1. The fraction of sp³-hybridized carbons (Fsp3) is 0.562. The molecule has 2 aromatic heterocycles. The smallest absolute Gasteiger partial charge is 0.363 e. The number of nitrogens with zero attached hydrogens (tertiary/aromatic N) is 4. The van der Waals surface area contributed by atoms with Gasteiger partial charge in [0.25, 0.3) is 0 Å². The summed E-state index contributed by atoms with van der Waals surface area (Å²) < 4.78 is 87.0. The van der Waals surface area contributed by atoms with Crippen LogP contribution in [-0.4, -0.2) is 51.9 Å². The van der Waals surface area contributed by atoms with Gasteiger partial charge in [0.2, 0.25) is 14.8 Å². The molecular formula is C16H19F4N5O4S. The number of anilines is 1. The van der Waals surface area contributed by atoms with Crippen molar-refractivity contribution in [2.24, 2.45) is 7.05 Å². The Hall–Kier alpha value is -2.64. The standard InChI is InChI=1S/C16H19F4N5O4S/c1-15(17,30(27,28)10-9-24(2)22-13(10)16(18,19)20)11-5-3-4-7-25(11)14(26)21-12-6-8-29-23-12/h6,8-9,11H,3-5,7H2,1-2H3,(H,21,23,26). The number of likely N-dealkylation sites (tertiary alicyclic amines) is 1. The zero-order chi connectivity index (χ0) is 22.3. The number of aromatic nitrogens is 3. The molecule has 2 unspecified atom stereocenters. The summed E-state index contributed by atoms with van der Waals surface area (Å²) in [5.74, 6) is 0.0272. The zero-order valence-electron chi connectivity index (χ0n) is 16.0. The Labute approximate surface area is 168 Å². The van der Waals surface area contributed by atoms with E-state index in [1.54, 1.807) is 0 Å². The monoisotopic (exact) mass is 453 g/mol. The number of aryl methyl sites for hydroxylation is 1. The third kappa shape index (κ3) is 3.87. The van der Waals surface area contributed by atoms with Crippen LogP contribution < -0.4 is 5.32 Å². The summed E-state index contributed by atoms with van der Waals surface area (Å²) in [7, 11) is -4.09. The minimum Gasteiger partial charge on any atom is -0.363 e. The molecule has 166 valence electrons. The number of alkyl halides is 4. The number of urea groups is 1. The lowest BCUT2D eigenvalue weighted by molar-refractivity contribution is -0.143. The van der Waals surface area contributed by atoms with E-state index >= 15 is 4.39 Å². The predicted molar refractivity (Wildman–Crippen MR) is 94.8 cm³/mol. The van der Waals surface area contributed by atoms with Crippen LogP contribution in [0.2, 0.25) is 0 Å². The van der Waals surface area contributed by atoms with Crippen molar-refractivity contribution in [1.82, 2.24) is 19.8 Å². The highest BCUT2D eigenvalue weighted by Gasteiger charge is 2.55. The van der Waals surface area contributed by atoms with Crippen LogP contribution in [0, 0.1) is 0 Å².